The van der Waals surface area contributed by atoms with E-state index in [4.69, 9.17) is 9.79 Å². The summed E-state index contributed by atoms with van der Waals surface area (Å²) in [5.74, 6) is 0. The zero-order valence-electron chi connectivity index (χ0n) is 11.0. The van der Waals surface area contributed by atoms with Gasteiger partial charge in [-0.2, -0.15) is 12.4 Å². The largest absolute Gasteiger partial charge is 0.484 e. The fraction of sp³-hybridized carbons (Fsp3) is 1.00. The zero-order valence-corrected chi connectivity index (χ0v) is 14.7. The van der Waals surface area contributed by atoms with Crippen molar-refractivity contribution in [1.82, 2.24) is 0 Å². The van der Waals surface area contributed by atoms with Gasteiger partial charge in [-0.15, -0.1) is 0 Å². The van der Waals surface area contributed by atoms with Gasteiger partial charge in [-0.3, -0.25) is 0 Å². The van der Waals surface area contributed by atoms with E-state index in [9.17, 15) is 13.0 Å². The maximum atomic E-state index is 12.0. The predicted molar refractivity (Wildman–Crippen MR) is 72.5 cm³/mol. The third-order valence-corrected chi connectivity index (χ3v) is 18.6. The molecule has 0 aliphatic rings. The second kappa shape index (κ2) is 4.88. The van der Waals surface area contributed by atoms with Gasteiger partial charge in [0.25, 0.3) is 10.1 Å². The molecule has 0 heterocycles. The van der Waals surface area contributed by atoms with E-state index in [1.54, 1.807) is 0 Å². The Balaban J connectivity index is 5.60. The summed E-state index contributed by atoms with van der Waals surface area (Å²) in [7, 11) is -13.6. The molecular weight excluding hydrogens is 299 g/mol. The Morgan fingerprint density at radius 1 is 1.00 bits per heavy atom. The van der Waals surface area contributed by atoms with E-state index in [1.165, 1.54) is 0 Å². The minimum Gasteiger partial charge on any atom is -0.302 e. The number of hydrogen-bond donors (Lipinski definition) is 2. The highest BCUT2D eigenvalue weighted by Gasteiger charge is 2.49. The lowest BCUT2D eigenvalue weighted by molar-refractivity contribution is 0.285. The standard InChI is InChI=1S/C7H21O6PSSi2/c1-16(2,3)7(17(4,5)6)15(11,12)13-14(8,9)10/h7H,1-6H3,(H2,8,9,10). The highest BCUT2D eigenvalue weighted by atomic mass is 32.2. The van der Waals surface area contributed by atoms with Crippen molar-refractivity contribution in [3.05, 3.63) is 0 Å². The van der Waals surface area contributed by atoms with Gasteiger partial charge in [0.15, 0.2) is 0 Å². The van der Waals surface area contributed by atoms with Crippen LogP contribution in [0, 0.1) is 0 Å². The Hall–Kier alpha value is 0.494. The van der Waals surface area contributed by atoms with Crippen LogP contribution in [0.4, 0.5) is 0 Å². The molecule has 0 aromatic carbocycles. The van der Waals surface area contributed by atoms with Gasteiger partial charge in [0.2, 0.25) is 0 Å². The molecule has 0 saturated carbocycles. The quantitative estimate of drug-likeness (QED) is 0.589. The Bertz CT molecular complexity index is 401. The SMILES string of the molecule is C[Si](C)(C)C([Si](C)(C)C)S(=O)(=O)OP(=O)(O)O. The average Bonchev–Trinajstić information content (AvgIpc) is 1.66. The lowest BCUT2D eigenvalue weighted by Crippen LogP contribution is -2.58. The summed E-state index contributed by atoms with van der Waals surface area (Å²) in [6.45, 7) is 11.1. The summed E-state index contributed by atoms with van der Waals surface area (Å²) in [4.78, 5) is 17.3. The molecule has 0 fully saturated rings. The van der Waals surface area contributed by atoms with Gasteiger partial charge >= 0.3 is 7.82 Å². The van der Waals surface area contributed by atoms with Crippen LogP contribution in [0.15, 0.2) is 0 Å². The first-order valence-electron chi connectivity index (χ1n) is 5.08. The first kappa shape index (κ1) is 17.5. The molecule has 0 aliphatic carbocycles. The molecule has 6 nitrogen and oxygen atoms in total. The van der Waals surface area contributed by atoms with Gasteiger partial charge in [0.05, 0.1) is 20.6 Å². The summed E-state index contributed by atoms with van der Waals surface area (Å²) in [5, 5.41) is 0. The van der Waals surface area contributed by atoms with E-state index in [2.05, 4.69) is 3.97 Å². The van der Waals surface area contributed by atoms with Gasteiger partial charge in [-0.1, -0.05) is 39.3 Å². The Morgan fingerprint density at radius 2 is 1.29 bits per heavy atom. The van der Waals surface area contributed by atoms with Crippen LogP contribution in [0.1, 0.15) is 0 Å². The fourth-order valence-electron chi connectivity index (χ4n) is 2.34. The van der Waals surface area contributed by atoms with Crippen LogP contribution in [0.3, 0.4) is 0 Å². The predicted octanol–water partition coefficient (Wildman–Crippen LogP) is 1.55. The zero-order chi connectivity index (χ0) is 14.3. The monoisotopic (exact) mass is 320 g/mol. The third-order valence-electron chi connectivity index (χ3n) is 2.06. The maximum absolute atomic E-state index is 12.0. The lowest BCUT2D eigenvalue weighted by atomic mass is 11.7. The van der Waals surface area contributed by atoms with Crippen molar-refractivity contribution in [2.24, 2.45) is 0 Å². The highest BCUT2D eigenvalue weighted by Crippen LogP contribution is 2.41. The first-order chi connectivity index (χ1) is 7.07. The maximum Gasteiger partial charge on any atom is 0.484 e. The van der Waals surface area contributed by atoms with Crippen molar-refractivity contribution < 1.29 is 26.7 Å². The van der Waals surface area contributed by atoms with E-state index in [-0.39, 0.29) is 0 Å². The van der Waals surface area contributed by atoms with Crippen molar-refractivity contribution in [2.75, 3.05) is 0 Å². The minimum atomic E-state index is -5.02. The van der Waals surface area contributed by atoms with Crippen LogP contribution in [0.5, 0.6) is 0 Å². The normalized spacial score (nSPS) is 15.4. The lowest BCUT2D eigenvalue weighted by Gasteiger charge is -2.36. The Kier molecular flexibility index (Phi) is 5.02. The van der Waals surface area contributed by atoms with Crippen molar-refractivity contribution in [3.63, 3.8) is 0 Å². The summed E-state index contributed by atoms with van der Waals surface area (Å²) >= 11 is 0. The summed E-state index contributed by atoms with van der Waals surface area (Å²) in [6, 6.07) is 0. The minimum absolute atomic E-state index is 0.755. The molecule has 10 heteroatoms. The first-order valence-corrected chi connectivity index (χ1v) is 15.2. The highest BCUT2D eigenvalue weighted by molar-refractivity contribution is 7.95. The molecule has 0 atom stereocenters. The second-order valence-corrected chi connectivity index (χ2v) is 21.2. The molecule has 0 bridgehead atoms. The number of rotatable bonds is 5. The number of hydrogen-bond acceptors (Lipinski definition) is 4. The van der Waals surface area contributed by atoms with Crippen molar-refractivity contribution in [2.45, 2.75) is 43.8 Å². The van der Waals surface area contributed by atoms with E-state index >= 15 is 0 Å². The van der Waals surface area contributed by atoms with E-state index in [1.807, 2.05) is 39.3 Å². The molecule has 0 spiro atoms. The summed E-state index contributed by atoms with van der Waals surface area (Å²) in [6.07, 6.45) is 0. The van der Waals surface area contributed by atoms with Crippen molar-refractivity contribution >= 4 is 34.1 Å². The molecule has 0 amide bonds. The summed E-state index contributed by atoms with van der Waals surface area (Å²) < 4.78 is 38.0. The molecule has 0 rings (SSSR count). The Labute approximate surface area is 105 Å². The molecule has 0 aromatic rings. The van der Waals surface area contributed by atoms with Crippen LogP contribution in [0.2, 0.25) is 39.3 Å². The van der Waals surface area contributed by atoms with Gasteiger partial charge in [0.1, 0.15) is 0 Å². The van der Waals surface area contributed by atoms with E-state index in [0.29, 0.717) is 0 Å². The van der Waals surface area contributed by atoms with E-state index < -0.39 is 38.6 Å². The third kappa shape index (κ3) is 5.78. The van der Waals surface area contributed by atoms with Crippen molar-refractivity contribution in [1.29, 1.82) is 0 Å². The molecule has 2 N–H and O–H groups in total. The van der Waals surface area contributed by atoms with Gasteiger partial charge in [-0.05, 0) is 0 Å². The van der Waals surface area contributed by atoms with Gasteiger partial charge in [-0.25, -0.2) is 4.57 Å². The molecule has 0 unspecified atom stereocenters. The van der Waals surface area contributed by atoms with Crippen LogP contribution >= 0.6 is 7.82 Å². The molecule has 17 heavy (non-hydrogen) atoms. The van der Waals surface area contributed by atoms with Crippen LogP contribution in [-0.2, 0) is 18.7 Å². The molecule has 0 aliphatic heterocycles. The average molecular weight is 320 g/mol. The smallest absolute Gasteiger partial charge is 0.302 e. The van der Waals surface area contributed by atoms with E-state index in [0.717, 1.165) is 0 Å². The van der Waals surface area contributed by atoms with Crippen LogP contribution in [0.25, 0.3) is 0 Å². The van der Waals surface area contributed by atoms with Crippen molar-refractivity contribution in [3.8, 4) is 0 Å². The topological polar surface area (TPSA) is 101 Å². The summed E-state index contributed by atoms with van der Waals surface area (Å²) in [5.41, 5.74) is 0. The molecular formula is C7H21O6PSSi2. The fourth-order valence-corrected chi connectivity index (χ4v) is 21.9. The van der Waals surface area contributed by atoms with Crippen LogP contribution < -0.4 is 0 Å². The second-order valence-electron chi connectivity index (χ2n) is 6.17. The number of phosphoric acid groups is 1. The van der Waals surface area contributed by atoms with Gasteiger partial charge < -0.3 is 9.79 Å². The molecule has 104 valence electrons. The van der Waals surface area contributed by atoms with Gasteiger partial charge in [0, 0.05) is 0 Å². The Morgan fingerprint density at radius 3 is 1.47 bits per heavy atom. The molecule has 0 saturated heterocycles. The van der Waals surface area contributed by atoms with Crippen LogP contribution in [-0.4, -0.2) is 38.8 Å². The molecule has 0 radical (unpaired) electrons. The molecule has 0 aromatic heterocycles.